The van der Waals surface area contributed by atoms with Crippen molar-refractivity contribution >= 4 is 17.2 Å². The van der Waals surface area contributed by atoms with Crippen molar-refractivity contribution in [1.29, 1.82) is 5.26 Å². The zero-order valence-electron chi connectivity index (χ0n) is 20.5. The fourth-order valence-corrected chi connectivity index (χ4v) is 4.61. The molecule has 37 heavy (non-hydrogen) atoms. The normalized spacial score (nSPS) is 13.6. The summed E-state index contributed by atoms with van der Waals surface area (Å²) in [7, 11) is 0. The summed E-state index contributed by atoms with van der Waals surface area (Å²) >= 11 is 0. The minimum atomic E-state index is 0.0294. The van der Waals surface area contributed by atoms with E-state index < -0.39 is 0 Å². The maximum atomic E-state index is 12.8. The number of rotatable bonds is 6. The van der Waals surface area contributed by atoms with E-state index in [0.717, 1.165) is 40.9 Å². The maximum absolute atomic E-state index is 12.8. The molecule has 0 atom stereocenters. The molecule has 0 spiro atoms. The van der Waals surface area contributed by atoms with E-state index in [0.29, 0.717) is 36.6 Å². The van der Waals surface area contributed by atoms with E-state index in [9.17, 15) is 10.1 Å². The average Bonchev–Trinajstić information content (AvgIpc) is 3.36. The van der Waals surface area contributed by atoms with Crippen molar-refractivity contribution in [3.8, 4) is 35.3 Å². The Morgan fingerprint density at radius 2 is 1.97 bits per heavy atom. The average molecular weight is 491 g/mol. The number of ether oxygens (including phenoxy) is 1. The van der Waals surface area contributed by atoms with Crippen molar-refractivity contribution in [2.24, 2.45) is 0 Å². The molecule has 0 saturated carbocycles. The Morgan fingerprint density at radius 1 is 1.19 bits per heavy atom. The predicted octanol–water partition coefficient (Wildman–Crippen LogP) is 4.36. The third-order valence-corrected chi connectivity index (χ3v) is 6.53. The van der Waals surface area contributed by atoms with E-state index in [2.05, 4.69) is 27.4 Å². The summed E-state index contributed by atoms with van der Waals surface area (Å²) < 4.78 is 7.37. The van der Waals surface area contributed by atoms with Crippen LogP contribution in [0.5, 0.6) is 5.75 Å². The van der Waals surface area contributed by atoms with Crippen LogP contribution in [0.4, 0.5) is 5.82 Å². The van der Waals surface area contributed by atoms with Gasteiger partial charge in [-0.25, -0.2) is 9.50 Å². The predicted molar refractivity (Wildman–Crippen MR) is 141 cm³/mol. The smallest absolute Gasteiger partial charge is 0.253 e. The van der Waals surface area contributed by atoms with Crippen molar-refractivity contribution in [2.45, 2.75) is 25.8 Å². The van der Waals surface area contributed by atoms with Gasteiger partial charge in [-0.15, -0.1) is 6.42 Å². The molecule has 5 rings (SSSR count). The molecule has 1 fully saturated rings. The highest BCUT2D eigenvalue weighted by Gasteiger charge is 2.24. The summed E-state index contributed by atoms with van der Waals surface area (Å²) in [5, 5.41) is 17.3. The van der Waals surface area contributed by atoms with Crippen LogP contribution in [0.25, 0.3) is 16.6 Å². The molecule has 1 N–H and O–H groups in total. The van der Waals surface area contributed by atoms with Crippen molar-refractivity contribution in [3.05, 3.63) is 77.7 Å². The number of pyridine rings is 2. The Labute approximate surface area is 215 Å². The van der Waals surface area contributed by atoms with Gasteiger partial charge < -0.3 is 15.0 Å². The number of nitrogens with zero attached hydrogens (tertiary/aromatic N) is 5. The van der Waals surface area contributed by atoms with E-state index in [1.165, 1.54) is 0 Å². The molecular weight excluding hydrogens is 464 g/mol. The van der Waals surface area contributed by atoms with Crippen LogP contribution in [-0.4, -0.2) is 51.1 Å². The number of benzene rings is 1. The second-order valence-electron chi connectivity index (χ2n) is 8.85. The van der Waals surface area contributed by atoms with Crippen LogP contribution in [0.2, 0.25) is 0 Å². The Balaban J connectivity index is 1.26. The first-order valence-electron chi connectivity index (χ1n) is 12.2. The van der Waals surface area contributed by atoms with Crippen LogP contribution >= 0.6 is 0 Å². The molecule has 184 valence electrons. The number of hydrogen-bond acceptors (Lipinski definition) is 6. The molecule has 8 nitrogen and oxygen atoms in total. The summed E-state index contributed by atoms with van der Waals surface area (Å²) in [6, 6.07) is 15.4. The van der Waals surface area contributed by atoms with Crippen LogP contribution in [0.3, 0.4) is 0 Å². The van der Waals surface area contributed by atoms with E-state index in [-0.39, 0.29) is 11.9 Å². The number of amides is 1. The summed E-state index contributed by atoms with van der Waals surface area (Å²) in [6.07, 6.45) is 12.2. The Bertz CT molecular complexity index is 1500. The molecule has 1 aromatic carbocycles. The summed E-state index contributed by atoms with van der Waals surface area (Å²) in [4.78, 5) is 19.3. The van der Waals surface area contributed by atoms with Crippen molar-refractivity contribution in [2.75, 3.05) is 25.0 Å². The maximum Gasteiger partial charge on any atom is 0.253 e. The molecular formula is C29H26N6O2. The molecule has 0 bridgehead atoms. The van der Waals surface area contributed by atoms with Gasteiger partial charge in [0.05, 0.1) is 30.1 Å². The lowest BCUT2D eigenvalue weighted by molar-refractivity contribution is 0.0718. The Kier molecular flexibility index (Phi) is 6.74. The molecule has 1 saturated heterocycles. The Morgan fingerprint density at radius 3 is 2.62 bits per heavy atom. The number of nitrogens with one attached hydrogen (secondary N) is 1. The molecule has 8 heteroatoms. The van der Waals surface area contributed by atoms with Crippen LogP contribution < -0.4 is 10.1 Å². The summed E-state index contributed by atoms with van der Waals surface area (Å²) in [5.74, 6) is 4.04. The van der Waals surface area contributed by atoms with Gasteiger partial charge in [0.15, 0.2) is 0 Å². The zero-order valence-corrected chi connectivity index (χ0v) is 20.5. The molecule has 3 aromatic heterocycles. The number of aromatic nitrogens is 3. The number of terminal acetylenes is 1. The molecule has 0 radical (unpaired) electrons. The highest BCUT2D eigenvalue weighted by Crippen LogP contribution is 2.31. The third-order valence-electron chi connectivity index (χ3n) is 6.53. The fraction of sp³-hybridized carbons (Fsp3) is 0.241. The van der Waals surface area contributed by atoms with E-state index in [1.807, 2.05) is 30.0 Å². The van der Waals surface area contributed by atoms with Gasteiger partial charge in [0.25, 0.3) is 5.91 Å². The molecule has 4 heterocycles. The van der Waals surface area contributed by atoms with Gasteiger partial charge in [-0.2, -0.15) is 10.4 Å². The number of anilines is 1. The molecule has 0 unspecified atom stereocenters. The van der Waals surface area contributed by atoms with Crippen LogP contribution in [-0.2, 0) is 0 Å². The van der Waals surface area contributed by atoms with Crippen molar-refractivity contribution in [1.82, 2.24) is 19.5 Å². The SMILES string of the molecule is C#Cc1ccc(C(=O)N2CCC(Nc3ccc(-c4cc(OCC)cn5ncc(C#N)c45)cn3)CC2)cc1. The first-order valence-corrected chi connectivity index (χ1v) is 12.2. The molecule has 1 aliphatic heterocycles. The van der Waals surface area contributed by atoms with E-state index >= 15 is 0 Å². The van der Waals surface area contributed by atoms with Crippen LogP contribution in [0.1, 0.15) is 41.3 Å². The highest BCUT2D eigenvalue weighted by atomic mass is 16.5. The minimum Gasteiger partial charge on any atom is -0.492 e. The number of fused-ring (bicyclic) bond motifs is 1. The monoisotopic (exact) mass is 490 g/mol. The number of carbonyl (C=O) groups excluding carboxylic acids is 1. The van der Waals surface area contributed by atoms with Crippen molar-refractivity contribution < 1.29 is 9.53 Å². The Hall–Kier alpha value is -4.82. The van der Waals surface area contributed by atoms with E-state index in [4.69, 9.17) is 11.2 Å². The van der Waals surface area contributed by atoms with Gasteiger partial charge in [0.2, 0.25) is 0 Å². The van der Waals surface area contributed by atoms with Gasteiger partial charge in [-0.05, 0) is 62.2 Å². The molecule has 1 amide bonds. The topological polar surface area (TPSA) is 95.5 Å². The van der Waals surface area contributed by atoms with Gasteiger partial charge in [-0.1, -0.05) is 5.92 Å². The number of hydrogen-bond donors (Lipinski definition) is 1. The minimum absolute atomic E-state index is 0.0294. The van der Waals surface area contributed by atoms with Gasteiger partial charge >= 0.3 is 0 Å². The summed E-state index contributed by atoms with van der Waals surface area (Å²) in [6.45, 7) is 3.80. The second-order valence-corrected chi connectivity index (χ2v) is 8.85. The number of likely N-dealkylation sites (tertiary alicyclic amines) is 1. The third kappa shape index (κ3) is 4.96. The van der Waals surface area contributed by atoms with E-state index in [1.54, 1.807) is 47.4 Å². The second kappa shape index (κ2) is 10.4. The fourth-order valence-electron chi connectivity index (χ4n) is 4.61. The summed E-state index contributed by atoms with van der Waals surface area (Å²) in [5.41, 5.74) is 4.34. The standard InChI is InChI=1S/C29H26N6O2/c1-3-20-5-7-21(8-6-20)29(36)34-13-11-24(12-14-34)33-27-10-9-22(17-31-27)26-15-25(37-4-2)19-35-28(26)23(16-30)18-32-35/h1,5-10,15,17-19,24H,4,11-14H2,2H3,(H,31,33). The number of piperidine rings is 1. The van der Waals surface area contributed by atoms with Gasteiger partial charge in [0, 0.05) is 47.6 Å². The quantitative estimate of drug-likeness (QED) is 0.404. The van der Waals surface area contributed by atoms with Crippen LogP contribution in [0.15, 0.2) is 61.1 Å². The van der Waals surface area contributed by atoms with Gasteiger partial charge in [-0.3, -0.25) is 4.79 Å². The highest BCUT2D eigenvalue weighted by molar-refractivity contribution is 5.94. The van der Waals surface area contributed by atoms with Gasteiger partial charge in [0.1, 0.15) is 17.6 Å². The first-order chi connectivity index (χ1) is 18.1. The number of nitriles is 1. The lowest BCUT2D eigenvalue weighted by Gasteiger charge is -2.32. The number of carbonyl (C=O) groups is 1. The molecule has 4 aromatic rings. The first kappa shape index (κ1) is 23.9. The molecule has 0 aliphatic carbocycles. The zero-order chi connectivity index (χ0) is 25.8. The molecule has 1 aliphatic rings. The lowest BCUT2D eigenvalue weighted by atomic mass is 10.0. The lowest BCUT2D eigenvalue weighted by Crippen LogP contribution is -2.42. The van der Waals surface area contributed by atoms with Crippen molar-refractivity contribution in [3.63, 3.8) is 0 Å². The van der Waals surface area contributed by atoms with Crippen LogP contribution in [0, 0.1) is 23.7 Å². The largest absolute Gasteiger partial charge is 0.492 e.